The first kappa shape index (κ1) is 21.7. The summed E-state index contributed by atoms with van der Waals surface area (Å²) in [5.74, 6) is -0.667. The summed E-state index contributed by atoms with van der Waals surface area (Å²) in [5.41, 5.74) is 0.856. The summed E-state index contributed by atoms with van der Waals surface area (Å²) < 4.78 is 15.6. The molecule has 3 atom stereocenters. The number of ether oxygens (including phenoxy) is 3. The fourth-order valence-electron chi connectivity index (χ4n) is 2.88. The number of rotatable bonds is 8. The van der Waals surface area contributed by atoms with E-state index in [1.807, 2.05) is 44.2 Å². The van der Waals surface area contributed by atoms with E-state index in [4.69, 9.17) is 14.2 Å². The zero-order valence-corrected chi connectivity index (χ0v) is 16.5. The molecular weight excluding hydrogens is 364 g/mol. The van der Waals surface area contributed by atoms with Crippen molar-refractivity contribution in [3.63, 3.8) is 0 Å². The van der Waals surface area contributed by atoms with Gasteiger partial charge in [-0.15, -0.1) is 0 Å². The van der Waals surface area contributed by atoms with Gasteiger partial charge in [-0.05, 0) is 24.3 Å². The van der Waals surface area contributed by atoms with Gasteiger partial charge in [0.05, 0.1) is 12.6 Å². The summed E-state index contributed by atoms with van der Waals surface area (Å²) in [5, 5.41) is 5.43. The van der Waals surface area contributed by atoms with E-state index in [0.29, 0.717) is 19.4 Å². The van der Waals surface area contributed by atoms with Gasteiger partial charge >= 0.3 is 12.1 Å². The van der Waals surface area contributed by atoms with Crippen LogP contribution in [0.5, 0.6) is 0 Å². The van der Waals surface area contributed by atoms with E-state index >= 15 is 0 Å². The number of carbonyl (C=O) groups excluding carboxylic acids is 3. The van der Waals surface area contributed by atoms with E-state index in [-0.39, 0.29) is 18.4 Å². The molecule has 1 aliphatic rings. The van der Waals surface area contributed by atoms with Gasteiger partial charge in [-0.25, -0.2) is 4.79 Å². The van der Waals surface area contributed by atoms with Crippen molar-refractivity contribution in [1.82, 2.24) is 10.6 Å². The molecule has 2 N–H and O–H groups in total. The van der Waals surface area contributed by atoms with Crippen LogP contribution < -0.4 is 10.6 Å². The van der Waals surface area contributed by atoms with Crippen LogP contribution in [0.4, 0.5) is 4.79 Å². The lowest BCUT2D eigenvalue weighted by Crippen LogP contribution is -2.52. The minimum absolute atomic E-state index is 0.119. The summed E-state index contributed by atoms with van der Waals surface area (Å²) in [6, 6.07) is 8.07. The van der Waals surface area contributed by atoms with E-state index in [1.165, 1.54) is 6.92 Å². The molecule has 1 saturated heterocycles. The Morgan fingerprint density at radius 1 is 1.21 bits per heavy atom. The molecule has 2 amide bonds. The molecule has 154 valence electrons. The van der Waals surface area contributed by atoms with Gasteiger partial charge < -0.3 is 24.8 Å². The van der Waals surface area contributed by atoms with Crippen LogP contribution in [0.1, 0.15) is 39.2 Å². The molecule has 8 nitrogen and oxygen atoms in total. The smallest absolute Gasteiger partial charge is 0.408 e. The summed E-state index contributed by atoms with van der Waals surface area (Å²) >= 11 is 0. The normalized spacial score (nSPS) is 19.7. The Labute approximate surface area is 164 Å². The maximum atomic E-state index is 12.7. The molecule has 0 aliphatic carbocycles. The van der Waals surface area contributed by atoms with Crippen LogP contribution in [0.3, 0.4) is 0 Å². The molecule has 0 bridgehead atoms. The second-order valence-electron chi connectivity index (χ2n) is 7.14. The van der Waals surface area contributed by atoms with Crippen LogP contribution in [0.15, 0.2) is 30.3 Å². The average molecular weight is 392 g/mol. The van der Waals surface area contributed by atoms with Crippen molar-refractivity contribution < 1.29 is 28.6 Å². The third-order valence-corrected chi connectivity index (χ3v) is 4.18. The van der Waals surface area contributed by atoms with Crippen molar-refractivity contribution in [2.24, 2.45) is 5.92 Å². The van der Waals surface area contributed by atoms with Crippen molar-refractivity contribution in [2.45, 2.75) is 58.6 Å². The number of alkyl carbamates (subject to hydrolysis) is 1. The molecule has 1 aromatic carbocycles. The molecule has 28 heavy (non-hydrogen) atoms. The van der Waals surface area contributed by atoms with Gasteiger partial charge in [-0.3, -0.25) is 9.59 Å². The fraction of sp³-hybridized carbons (Fsp3) is 0.550. The standard InChI is InChI=1S/C20H28N2O6/c1-13(2)11-17(22-20(25)27-12-15-7-5-4-6-8-15)18(24)21-16-9-10-26-19(16)28-14(3)23/h4-8,13,16-17,19H,9-12H2,1-3H3,(H,21,24)(H,22,25)/t16-,17?,19-/m0/s1. The second kappa shape index (κ2) is 10.7. The molecule has 1 heterocycles. The SMILES string of the molecule is CC(=O)O[C@@H]1OCC[C@@H]1NC(=O)C(CC(C)C)NC(=O)OCc1ccccc1. The lowest BCUT2D eigenvalue weighted by molar-refractivity contribution is -0.170. The third-order valence-electron chi connectivity index (χ3n) is 4.18. The second-order valence-corrected chi connectivity index (χ2v) is 7.14. The first-order valence-electron chi connectivity index (χ1n) is 9.41. The number of amides is 2. The quantitative estimate of drug-likeness (QED) is 0.657. The summed E-state index contributed by atoms with van der Waals surface area (Å²) in [7, 11) is 0. The van der Waals surface area contributed by atoms with E-state index in [2.05, 4.69) is 10.6 Å². The van der Waals surface area contributed by atoms with Gasteiger partial charge in [0.2, 0.25) is 12.2 Å². The Kier molecular flexibility index (Phi) is 8.25. The van der Waals surface area contributed by atoms with Gasteiger partial charge in [0, 0.05) is 6.92 Å². The maximum absolute atomic E-state index is 12.7. The van der Waals surface area contributed by atoms with Gasteiger partial charge in [-0.2, -0.15) is 0 Å². The molecule has 0 spiro atoms. The highest BCUT2D eigenvalue weighted by Gasteiger charge is 2.34. The average Bonchev–Trinajstić information content (AvgIpc) is 3.06. The molecule has 0 saturated carbocycles. The monoisotopic (exact) mass is 392 g/mol. The Morgan fingerprint density at radius 2 is 1.93 bits per heavy atom. The molecule has 0 radical (unpaired) electrons. The fourth-order valence-corrected chi connectivity index (χ4v) is 2.88. The lowest BCUT2D eigenvalue weighted by Gasteiger charge is -2.24. The van der Waals surface area contributed by atoms with E-state index in [9.17, 15) is 14.4 Å². The van der Waals surface area contributed by atoms with Crippen LogP contribution in [0.25, 0.3) is 0 Å². The minimum atomic E-state index is -0.814. The van der Waals surface area contributed by atoms with Crippen molar-refractivity contribution in [3.8, 4) is 0 Å². The zero-order chi connectivity index (χ0) is 20.5. The van der Waals surface area contributed by atoms with Crippen LogP contribution in [-0.4, -0.2) is 43.0 Å². The van der Waals surface area contributed by atoms with Crippen LogP contribution in [0.2, 0.25) is 0 Å². The molecule has 8 heteroatoms. The van der Waals surface area contributed by atoms with Gasteiger partial charge in [-0.1, -0.05) is 44.2 Å². The van der Waals surface area contributed by atoms with Gasteiger partial charge in [0.15, 0.2) is 0 Å². The molecule has 1 aromatic rings. The first-order chi connectivity index (χ1) is 13.3. The van der Waals surface area contributed by atoms with Gasteiger partial charge in [0.1, 0.15) is 12.6 Å². The predicted molar refractivity (Wildman–Crippen MR) is 101 cm³/mol. The Morgan fingerprint density at radius 3 is 2.57 bits per heavy atom. The van der Waals surface area contributed by atoms with E-state index in [1.54, 1.807) is 0 Å². The molecule has 0 aromatic heterocycles. The van der Waals surface area contributed by atoms with Crippen molar-refractivity contribution in [3.05, 3.63) is 35.9 Å². The topological polar surface area (TPSA) is 103 Å². The number of esters is 1. The van der Waals surface area contributed by atoms with Crippen LogP contribution in [-0.2, 0) is 30.4 Å². The number of benzene rings is 1. The molecule has 1 fully saturated rings. The summed E-state index contributed by atoms with van der Waals surface area (Å²) in [4.78, 5) is 36.0. The molecule has 1 aliphatic heterocycles. The van der Waals surface area contributed by atoms with E-state index < -0.39 is 30.4 Å². The Bertz CT molecular complexity index is 664. The van der Waals surface area contributed by atoms with Crippen LogP contribution >= 0.6 is 0 Å². The highest BCUT2D eigenvalue weighted by Crippen LogP contribution is 2.16. The van der Waals surface area contributed by atoms with Crippen molar-refractivity contribution >= 4 is 18.0 Å². The third kappa shape index (κ3) is 7.19. The van der Waals surface area contributed by atoms with Crippen molar-refractivity contribution in [2.75, 3.05) is 6.61 Å². The highest BCUT2D eigenvalue weighted by atomic mass is 16.7. The van der Waals surface area contributed by atoms with E-state index in [0.717, 1.165) is 5.56 Å². The molecule has 2 rings (SSSR count). The summed E-state index contributed by atoms with van der Waals surface area (Å²) in [6.45, 7) is 5.69. The number of hydrogen-bond donors (Lipinski definition) is 2. The van der Waals surface area contributed by atoms with Gasteiger partial charge in [0.25, 0.3) is 0 Å². The highest BCUT2D eigenvalue weighted by molar-refractivity contribution is 5.85. The molecule has 1 unspecified atom stereocenters. The van der Waals surface area contributed by atoms with Crippen LogP contribution in [0, 0.1) is 5.92 Å². The Balaban J connectivity index is 1.91. The number of nitrogens with one attached hydrogen (secondary N) is 2. The largest absolute Gasteiger partial charge is 0.445 e. The molecular formula is C20H28N2O6. The van der Waals surface area contributed by atoms with Crippen molar-refractivity contribution in [1.29, 1.82) is 0 Å². The first-order valence-corrected chi connectivity index (χ1v) is 9.41. The number of carbonyl (C=O) groups is 3. The number of hydrogen-bond acceptors (Lipinski definition) is 6. The minimum Gasteiger partial charge on any atom is -0.445 e. The maximum Gasteiger partial charge on any atom is 0.408 e. The zero-order valence-electron chi connectivity index (χ0n) is 16.5. The lowest BCUT2D eigenvalue weighted by atomic mass is 10.0. The summed E-state index contributed by atoms with van der Waals surface area (Å²) in [6.07, 6.45) is -0.510. The predicted octanol–water partition coefficient (Wildman–Crippen LogP) is 2.12. The Hall–Kier alpha value is -2.61.